The maximum atomic E-state index is 13.8. The van der Waals surface area contributed by atoms with E-state index >= 15 is 0 Å². The van der Waals surface area contributed by atoms with Crippen LogP contribution in [0, 0.1) is 5.82 Å². The molecule has 1 aliphatic rings. The van der Waals surface area contributed by atoms with Crippen LogP contribution in [-0.4, -0.2) is 66.2 Å². The second-order valence-electron chi connectivity index (χ2n) is 8.23. The Labute approximate surface area is 211 Å². The third kappa shape index (κ3) is 6.99. The summed E-state index contributed by atoms with van der Waals surface area (Å²) in [4.78, 5) is 15.0. The Morgan fingerprint density at radius 1 is 1.09 bits per heavy atom. The van der Waals surface area contributed by atoms with E-state index in [0.29, 0.717) is 12.3 Å². The number of nitrogens with zero attached hydrogens (tertiary/aromatic N) is 2. The quantitative estimate of drug-likeness (QED) is 0.448. The summed E-state index contributed by atoms with van der Waals surface area (Å²) < 4.78 is 52.2. The van der Waals surface area contributed by atoms with Crippen LogP contribution in [0.15, 0.2) is 41.3 Å². The van der Waals surface area contributed by atoms with Crippen LogP contribution in [0.4, 0.5) is 10.1 Å². The van der Waals surface area contributed by atoms with Crippen LogP contribution in [0.5, 0.6) is 11.5 Å². The summed E-state index contributed by atoms with van der Waals surface area (Å²) in [7, 11) is -1.41. The zero-order valence-electron chi connectivity index (χ0n) is 19.9. The summed E-state index contributed by atoms with van der Waals surface area (Å²) in [6, 6.07) is 7.63. The first-order chi connectivity index (χ1) is 16.8. The fourth-order valence-electron chi connectivity index (χ4n) is 3.96. The molecule has 1 saturated heterocycles. The number of nitrogens with one attached hydrogen (secondary N) is 1. The Bertz CT molecular complexity index is 1130. The van der Waals surface area contributed by atoms with Gasteiger partial charge in [-0.25, -0.2) is 12.8 Å². The van der Waals surface area contributed by atoms with Gasteiger partial charge in [0.05, 0.1) is 29.8 Å². The fourth-order valence-corrected chi connectivity index (χ4v) is 5.56. The lowest BCUT2D eigenvalue weighted by molar-refractivity contribution is -0.119. The van der Waals surface area contributed by atoms with Crippen molar-refractivity contribution in [1.82, 2.24) is 10.2 Å². The van der Waals surface area contributed by atoms with E-state index in [1.54, 1.807) is 0 Å². The third-order valence-electron chi connectivity index (χ3n) is 5.84. The number of halogens is 2. The molecular weight excluding hydrogens is 497 g/mol. The summed E-state index contributed by atoms with van der Waals surface area (Å²) >= 11 is 5.92. The molecule has 0 aliphatic carbocycles. The number of hydrogen-bond donors (Lipinski definition) is 1. The molecule has 3 rings (SSSR count). The van der Waals surface area contributed by atoms with Crippen LogP contribution in [0.2, 0.25) is 5.02 Å². The Hall–Kier alpha value is -2.56. The number of rotatable bonds is 11. The van der Waals surface area contributed by atoms with Crippen molar-refractivity contribution in [2.75, 3.05) is 51.2 Å². The molecule has 0 aromatic heterocycles. The molecule has 11 heteroatoms. The second kappa shape index (κ2) is 12.4. The maximum Gasteiger partial charge on any atom is 0.264 e. The number of benzene rings is 2. The number of piperidine rings is 1. The van der Waals surface area contributed by atoms with Crippen LogP contribution in [-0.2, 0) is 14.8 Å². The smallest absolute Gasteiger partial charge is 0.264 e. The molecule has 0 atom stereocenters. The number of anilines is 1. The van der Waals surface area contributed by atoms with Crippen LogP contribution < -0.4 is 19.1 Å². The Morgan fingerprint density at radius 3 is 2.46 bits per heavy atom. The summed E-state index contributed by atoms with van der Waals surface area (Å²) in [6.07, 6.45) is 4.40. The van der Waals surface area contributed by atoms with E-state index in [4.69, 9.17) is 21.1 Å². The second-order valence-corrected chi connectivity index (χ2v) is 10.5. The number of amides is 1. The molecule has 0 saturated carbocycles. The lowest BCUT2D eigenvalue weighted by Gasteiger charge is -2.26. The number of methoxy groups -OCH3 is 2. The predicted molar refractivity (Wildman–Crippen MR) is 133 cm³/mol. The van der Waals surface area contributed by atoms with E-state index in [1.165, 1.54) is 63.8 Å². The van der Waals surface area contributed by atoms with Gasteiger partial charge in [-0.3, -0.25) is 9.10 Å². The summed E-state index contributed by atoms with van der Waals surface area (Å²) in [5.74, 6) is -0.601. The van der Waals surface area contributed by atoms with Crippen molar-refractivity contribution in [3.05, 3.63) is 47.2 Å². The third-order valence-corrected chi connectivity index (χ3v) is 7.90. The van der Waals surface area contributed by atoms with Gasteiger partial charge in [-0.15, -0.1) is 0 Å². The molecule has 0 radical (unpaired) electrons. The van der Waals surface area contributed by atoms with Crippen LogP contribution >= 0.6 is 11.6 Å². The Balaban J connectivity index is 1.78. The molecule has 192 valence electrons. The number of ether oxygens (including phenoxy) is 2. The van der Waals surface area contributed by atoms with Crippen molar-refractivity contribution >= 4 is 33.2 Å². The van der Waals surface area contributed by atoms with E-state index in [-0.39, 0.29) is 21.4 Å². The van der Waals surface area contributed by atoms with E-state index in [9.17, 15) is 17.6 Å². The number of sulfonamides is 1. The minimum atomic E-state index is -4.24. The standard InChI is InChI=1S/C24H31ClFN3O5S/c1-33-22-10-8-19(16-23(22)34-2)35(31,32)29(18-7-9-21(26)20(25)15-18)17-24(30)27-11-6-14-28-12-4-3-5-13-28/h7-10,15-16H,3-6,11-14,17H2,1-2H3,(H,27,30). The lowest BCUT2D eigenvalue weighted by atomic mass is 10.1. The molecule has 1 amide bonds. The number of carbonyl (C=O) groups is 1. The largest absolute Gasteiger partial charge is 0.493 e. The predicted octanol–water partition coefficient (Wildman–Crippen LogP) is 3.68. The SMILES string of the molecule is COc1ccc(S(=O)(=O)N(CC(=O)NCCCN2CCCCC2)c2ccc(F)c(Cl)c2)cc1OC. The average molecular weight is 528 g/mol. The summed E-state index contributed by atoms with van der Waals surface area (Å²) in [5.41, 5.74) is 0.0645. The first kappa shape index (κ1) is 27.0. The van der Waals surface area contributed by atoms with Crippen molar-refractivity contribution in [1.29, 1.82) is 0 Å². The number of hydrogen-bond acceptors (Lipinski definition) is 6. The highest BCUT2D eigenvalue weighted by Crippen LogP contribution is 2.33. The summed E-state index contributed by atoms with van der Waals surface area (Å²) in [6.45, 7) is 2.93. The van der Waals surface area contributed by atoms with Gasteiger partial charge in [0.1, 0.15) is 12.4 Å². The van der Waals surface area contributed by atoms with Crippen LogP contribution in [0.1, 0.15) is 25.7 Å². The van der Waals surface area contributed by atoms with Gasteiger partial charge in [0, 0.05) is 12.6 Å². The molecule has 1 aliphatic heterocycles. The van der Waals surface area contributed by atoms with Gasteiger partial charge in [-0.2, -0.15) is 0 Å². The topological polar surface area (TPSA) is 88.2 Å². The van der Waals surface area contributed by atoms with Crippen molar-refractivity contribution in [2.45, 2.75) is 30.6 Å². The fraction of sp³-hybridized carbons (Fsp3) is 0.458. The van der Waals surface area contributed by atoms with E-state index < -0.39 is 28.3 Å². The van der Waals surface area contributed by atoms with Crippen molar-refractivity contribution in [2.24, 2.45) is 0 Å². The molecule has 0 bridgehead atoms. The highest BCUT2D eigenvalue weighted by molar-refractivity contribution is 7.92. The summed E-state index contributed by atoms with van der Waals surface area (Å²) in [5, 5.41) is 2.54. The molecule has 2 aromatic carbocycles. The maximum absolute atomic E-state index is 13.8. The minimum Gasteiger partial charge on any atom is -0.493 e. The molecule has 35 heavy (non-hydrogen) atoms. The van der Waals surface area contributed by atoms with E-state index in [0.717, 1.165) is 36.4 Å². The molecule has 2 aromatic rings. The van der Waals surface area contributed by atoms with Gasteiger partial charge < -0.3 is 19.7 Å². The van der Waals surface area contributed by atoms with Crippen molar-refractivity contribution in [3.63, 3.8) is 0 Å². The van der Waals surface area contributed by atoms with Crippen molar-refractivity contribution in [3.8, 4) is 11.5 Å². The van der Waals surface area contributed by atoms with E-state index in [2.05, 4.69) is 10.2 Å². The van der Waals surface area contributed by atoms with Gasteiger partial charge >= 0.3 is 0 Å². The number of likely N-dealkylation sites (tertiary alicyclic amines) is 1. The molecule has 0 spiro atoms. The highest BCUT2D eigenvalue weighted by Gasteiger charge is 2.29. The first-order valence-electron chi connectivity index (χ1n) is 11.4. The van der Waals surface area contributed by atoms with Gasteiger partial charge in [-0.1, -0.05) is 18.0 Å². The van der Waals surface area contributed by atoms with Gasteiger partial charge in [0.25, 0.3) is 10.0 Å². The average Bonchev–Trinajstić information content (AvgIpc) is 2.87. The van der Waals surface area contributed by atoms with Crippen LogP contribution in [0.25, 0.3) is 0 Å². The molecule has 1 heterocycles. The minimum absolute atomic E-state index is 0.0645. The van der Waals surface area contributed by atoms with E-state index in [1.807, 2.05) is 0 Å². The number of carbonyl (C=O) groups excluding carboxylic acids is 1. The highest BCUT2D eigenvalue weighted by atomic mass is 35.5. The Kier molecular flexibility index (Phi) is 9.59. The van der Waals surface area contributed by atoms with Gasteiger partial charge in [0.15, 0.2) is 11.5 Å². The first-order valence-corrected chi connectivity index (χ1v) is 13.3. The molecule has 8 nitrogen and oxygen atoms in total. The zero-order chi connectivity index (χ0) is 25.4. The van der Waals surface area contributed by atoms with Crippen molar-refractivity contribution < 1.29 is 27.1 Å². The van der Waals surface area contributed by atoms with Gasteiger partial charge in [0.2, 0.25) is 5.91 Å². The normalized spacial score (nSPS) is 14.4. The van der Waals surface area contributed by atoms with Gasteiger partial charge in [-0.05, 0) is 69.2 Å². The van der Waals surface area contributed by atoms with Crippen LogP contribution in [0.3, 0.4) is 0 Å². The molecule has 1 fully saturated rings. The Morgan fingerprint density at radius 2 is 1.80 bits per heavy atom. The molecule has 1 N–H and O–H groups in total. The molecule has 0 unspecified atom stereocenters. The molecular formula is C24H31ClFN3O5S. The zero-order valence-corrected chi connectivity index (χ0v) is 21.5. The lowest BCUT2D eigenvalue weighted by Crippen LogP contribution is -2.41. The monoisotopic (exact) mass is 527 g/mol.